The third kappa shape index (κ3) is 7.56. The zero-order chi connectivity index (χ0) is 30.2. The number of nitrogens with zero attached hydrogens (tertiary/aromatic N) is 4. The van der Waals surface area contributed by atoms with Crippen LogP contribution in [0.5, 0.6) is 0 Å². The van der Waals surface area contributed by atoms with Crippen LogP contribution in [0.3, 0.4) is 0 Å². The molecule has 224 valence electrons. The van der Waals surface area contributed by atoms with Crippen LogP contribution >= 0.6 is 11.6 Å². The molecule has 0 saturated carbocycles. The van der Waals surface area contributed by atoms with Gasteiger partial charge >= 0.3 is 12.1 Å². The van der Waals surface area contributed by atoms with Crippen LogP contribution in [0.2, 0.25) is 5.02 Å². The van der Waals surface area contributed by atoms with Crippen LogP contribution < -0.4 is 10.6 Å². The highest BCUT2D eigenvalue weighted by Crippen LogP contribution is 2.29. The molecule has 13 heteroatoms. The second kappa shape index (κ2) is 14.1. The lowest BCUT2D eigenvalue weighted by molar-refractivity contribution is -0.188. The summed E-state index contributed by atoms with van der Waals surface area (Å²) in [4.78, 5) is 55.5. The third-order valence-corrected chi connectivity index (χ3v) is 7.26. The van der Waals surface area contributed by atoms with Crippen LogP contribution in [-0.2, 0) is 27.4 Å². The molecule has 2 aromatic carbocycles. The summed E-state index contributed by atoms with van der Waals surface area (Å²) in [6.07, 6.45) is 0.703. The smallest absolute Gasteiger partial charge is 0.407 e. The molecule has 2 atom stereocenters. The van der Waals surface area contributed by atoms with Crippen molar-refractivity contribution in [3.05, 3.63) is 83.2 Å². The number of carbonyl (C=O) groups is 4. The summed E-state index contributed by atoms with van der Waals surface area (Å²) in [6.45, 7) is 4.14. The molecule has 2 aromatic rings. The first-order chi connectivity index (χ1) is 20.2. The van der Waals surface area contributed by atoms with Crippen LogP contribution in [0, 0.1) is 5.82 Å². The molecule has 42 heavy (non-hydrogen) atoms. The summed E-state index contributed by atoms with van der Waals surface area (Å²) in [7, 11) is 1.64. The molecule has 2 heterocycles. The summed E-state index contributed by atoms with van der Waals surface area (Å²) in [6, 6.07) is 11.6. The highest BCUT2D eigenvalue weighted by Gasteiger charge is 2.50. The second-order valence-electron chi connectivity index (χ2n) is 10.0. The highest BCUT2D eigenvalue weighted by atomic mass is 35.5. The fraction of sp³-hybridized carbons (Fsp3) is 0.379. The molecule has 5 amide bonds. The first kappa shape index (κ1) is 30.8. The van der Waals surface area contributed by atoms with E-state index in [9.17, 15) is 23.6 Å². The molecule has 0 radical (unpaired) electrons. The maximum atomic E-state index is 13.8. The Bertz CT molecular complexity index is 1310. The molecular weight excluding hydrogens is 567 g/mol. The zero-order valence-electron chi connectivity index (χ0n) is 23.3. The number of hydrogen-bond acceptors (Lipinski definition) is 6. The monoisotopic (exact) mass is 600 g/mol. The van der Waals surface area contributed by atoms with Crippen molar-refractivity contribution >= 4 is 35.5 Å². The Hall–Kier alpha value is -4.16. The lowest BCUT2D eigenvalue weighted by atomic mass is 10.0. The molecule has 2 aliphatic rings. The molecule has 2 aliphatic heterocycles. The Morgan fingerprint density at radius 2 is 1.90 bits per heavy atom. The van der Waals surface area contributed by atoms with Crippen molar-refractivity contribution in [1.82, 2.24) is 30.5 Å². The van der Waals surface area contributed by atoms with Gasteiger partial charge in [-0.05, 0) is 48.2 Å². The van der Waals surface area contributed by atoms with Crippen molar-refractivity contribution < 1.29 is 28.3 Å². The number of fused-ring (bicyclic) bond motifs is 1. The number of urea groups is 1. The van der Waals surface area contributed by atoms with E-state index < -0.39 is 24.3 Å². The average Bonchev–Trinajstić information content (AvgIpc) is 2.95. The van der Waals surface area contributed by atoms with E-state index in [2.05, 4.69) is 17.2 Å². The van der Waals surface area contributed by atoms with Gasteiger partial charge in [-0.1, -0.05) is 48.5 Å². The molecule has 0 unspecified atom stereocenters. The van der Waals surface area contributed by atoms with Crippen LogP contribution in [0.4, 0.5) is 14.0 Å². The number of amides is 5. The Morgan fingerprint density at radius 1 is 1.14 bits per heavy atom. The Kier molecular flexibility index (Phi) is 10.4. The summed E-state index contributed by atoms with van der Waals surface area (Å²) in [5.74, 6) is -0.925. The molecule has 0 spiro atoms. The number of carbonyl (C=O) groups excluding carboxylic acids is 4. The van der Waals surface area contributed by atoms with E-state index in [0.717, 1.165) is 5.56 Å². The normalized spacial score (nSPS) is 18.9. The number of piperazine rings is 1. The molecule has 0 bridgehead atoms. The van der Waals surface area contributed by atoms with Crippen molar-refractivity contribution in [1.29, 1.82) is 0 Å². The van der Waals surface area contributed by atoms with Gasteiger partial charge in [0.2, 0.25) is 11.8 Å². The fourth-order valence-electron chi connectivity index (χ4n) is 5.11. The van der Waals surface area contributed by atoms with Gasteiger partial charge in [0.1, 0.15) is 24.6 Å². The van der Waals surface area contributed by atoms with Gasteiger partial charge in [0.15, 0.2) is 0 Å². The number of alkyl carbamates (subject to hydrolysis) is 1. The maximum absolute atomic E-state index is 13.8. The number of hydrazine groups is 1. The van der Waals surface area contributed by atoms with Gasteiger partial charge in [-0.25, -0.2) is 24.0 Å². The third-order valence-electron chi connectivity index (χ3n) is 7.02. The first-order valence-corrected chi connectivity index (χ1v) is 13.9. The van der Waals surface area contributed by atoms with E-state index >= 15 is 0 Å². The number of rotatable bonds is 10. The van der Waals surface area contributed by atoms with Gasteiger partial charge in [0, 0.05) is 31.7 Å². The van der Waals surface area contributed by atoms with Crippen LogP contribution in [0.15, 0.2) is 61.2 Å². The Morgan fingerprint density at radius 3 is 2.62 bits per heavy atom. The first-order valence-electron chi connectivity index (χ1n) is 13.6. The zero-order valence-corrected chi connectivity index (χ0v) is 24.1. The lowest BCUT2D eigenvalue weighted by Gasteiger charge is -2.54. The van der Waals surface area contributed by atoms with Gasteiger partial charge in [0.25, 0.3) is 0 Å². The molecule has 2 N–H and O–H groups in total. The highest BCUT2D eigenvalue weighted by molar-refractivity contribution is 6.30. The topological polar surface area (TPSA) is 115 Å². The van der Waals surface area contributed by atoms with Gasteiger partial charge in [-0.3, -0.25) is 9.59 Å². The van der Waals surface area contributed by atoms with Crippen LogP contribution in [0.1, 0.15) is 24.0 Å². The second-order valence-corrected chi connectivity index (χ2v) is 10.5. The van der Waals surface area contributed by atoms with Crippen LogP contribution in [0.25, 0.3) is 0 Å². The van der Waals surface area contributed by atoms with Crippen molar-refractivity contribution in [2.45, 2.75) is 38.1 Å². The van der Waals surface area contributed by atoms with Crippen LogP contribution in [-0.4, -0.2) is 89.3 Å². The molecule has 11 nitrogen and oxygen atoms in total. The van der Waals surface area contributed by atoms with E-state index in [1.807, 2.05) is 6.07 Å². The van der Waals surface area contributed by atoms with E-state index in [0.29, 0.717) is 17.0 Å². The molecule has 0 aromatic heterocycles. The minimum absolute atomic E-state index is 0.0714. The minimum Gasteiger partial charge on any atom is -0.445 e. The van der Waals surface area contributed by atoms with Crippen molar-refractivity contribution in [3.8, 4) is 0 Å². The lowest BCUT2D eigenvalue weighted by Crippen LogP contribution is -2.75. The number of hydrogen-bond donors (Lipinski definition) is 2. The van der Waals surface area contributed by atoms with E-state index in [4.69, 9.17) is 16.3 Å². The fourth-order valence-corrected chi connectivity index (χ4v) is 5.33. The Labute approximate surface area is 248 Å². The molecule has 4 rings (SSSR count). The quantitative estimate of drug-likeness (QED) is 0.320. The summed E-state index contributed by atoms with van der Waals surface area (Å²) < 4.78 is 18.2. The number of benzene rings is 2. The number of likely N-dealkylation sites (N-methyl/N-ethyl adjacent to an activating group) is 1. The number of nitrogens with one attached hydrogen (secondary N) is 2. The molecular formula is C29H34ClFN6O5. The predicted octanol–water partition coefficient (Wildman–Crippen LogP) is 3.11. The Balaban J connectivity index is 1.54. The molecule has 2 fully saturated rings. The van der Waals surface area contributed by atoms with E-state index in [-0.39, 0.29) is 63.4 Å². The molecule has 2 saturated heterocycles. The molecule has 0 aliphatic carbocycles. The number of ether oxygens (including phenoxy) is 1. The average molecular weight is 601 g/mol. The van der Waals surface area contributed by atoms with Gasteiger partial charge < -0.3 is 25.2 Å². The largest absolute Gasteiger partial charge is 0.445 e. The van der Waals surface area contributed by atoms with E-state index in [1.54, 1.807) is 42.3 Å². The maximum Gasteiger partial charge on any atom is 0.407 e. The van der Waals surface area contributed by atoms with Gasteiger partial charge in [0.05, 0.1) is 13.1 Å². The van der Waals surface area contributed by atoms with Crippen molar-refractivity contribution in [3.63, 3.8) is 0 Å². The van der Waals surface area contributed by atoms with Gasteiger partial charge in [-0.15, -0.1) is 0 Å². The summed E-state index contributed by atoms with van der Waals surface area (Å²) >= 11 is 6.18. The standard InChI is InChI=1S/C29H34ClFN6O5/c1-3-14-42-29(41)32-13-5-8-24-27(39)35(17-21-6-4-7-22(30)15-21)18-25-36(24)26(38)19-34(2)37(25)28(40)33-16-20-9-11-23(31)12-10-20/h3-4,6-7,9-12,15,24-25H,1,5,8,13-14,16-19H2,2H3,(H,32,41)(H,33,40)/t24-,25-/m0/s1. The number of halogens is 2. The van der Waals surface area contributed by atoms with Crippen molar-refractivity contribution in [2.75, 3.05) is 33.3 Å². The SMILES string of the molecule is C=CCOC(=O)NCCC[C@H]1C(=O)N(Cc2cccc(Cl)c2)C[C@H]2N1C(=O)CN(C)N2C(=O)NCc1ccc(F)cc1. The van der Waals surface area contributed by atoms with Gasteiger partial charge in [-0.2, -0.15) is 0 Å². The summed E-state index contributed by atoms with van der Waals surface area (Å²) in [5.41, 5.74) is 1.51. The van der Waals surface area contributed by atoms with E-state index in [1.165, 1.54) is 33.1 Å². The van der Waals surface area contributed by atoms with Crippen molar-refractivity contribution in [2.24, 2.45) is 0 Å². The minimum atomic E-state index is -0.859. The summed E-state index contributed by atoms with van der Waals surface area (Å²) in [5, 5.41) is 8.97. The predicted molar refractivity (Wildman–Crippen MR) is 153 cm³/mol.